The van der Waals surface area contributed by atoms with Gasteiger partial charge in [-0.05, 0) is 23.7 Å². The number of Topliss-reactive ketones (excluding diaryl/α,β-unsaturated/α-hetero) is 1. The molecule has 1 heterocycles. The number of hydrogen-bond acceptors (Lipinski definition) is 1. The Balaban J connectivity index is 2.17. The van der Waals surface area contributed by atoms with Crippen molar-refractivity contribution in [2.75, 3.05) is 17.3 Å². The van der Waals surface area contributed by atoms with E-state index >= 15 is 0 Å². The van der Waals surface area contributed by atoms with E-state index in [4.69, 9.17) is 0 Å². The standard InChI is InChI=1S/C8H15OS/c1-2-8(9)7-10-5-3-4-6-10/h2-7H2,1H3/q+1. The van der Waals surface area contributed by atoms with Crippen molar-refractivity contribution in [1.29, 1.82) is 0 Å². The van der Waals surface area contributed by atoms with Crippen molar-refractivity contribution in [2.45, 2.75) is 26.2 Å². The largest absolute Gasteiger partial charge is 0.294 e. The minimum absolute atomic E-state index is 0.463. The average Bonchev–Trinajstić information content (AvgIpc) is 2.40. The Morgan fingerprint density at radius 2 is 2.00 bits per heavy atom. The maximum atomic E-state index is 11.0. The number of carbonyl (C=O) groups is 1. The molecule has 0 amide bonds. The predicted octanol–water partition coefficient (Wildman–Crippen LogP) is 1.38. The van der Waals surface area contributed by atoms with Gasteiger partial charge in [-0.25, -0.2) is 0 Å². The van der Waals surface area contributed by atoms with Gasteiger partial charge in [0.1, 0.15) is 11.5 Å². The molecule has 1 saturated heterocycles. The quantitative estimate of drug-likeness (QED) is 0.569. The molecule has 0 aromatic heterocycles. The summed E-state index contributed by atoms with van der Waals surface area (Å²) in [6, 6.07) is 0. The van der Waals surface area contributed by atoms with E-state index in [2.05, 4.69) is 0 Å². The first kappa shape index (κ1) is 8.12. The lowest BCUT2D eigenvalue weighted by Gasteiger charge is -1.96. The summed E-state index contributed by atoms with van der Waals surface area (Å²) < 4.78 is 0. The van der Waals surface area contributed by atoms with Gasteiger partial charge >= 0.3 is 0 Å². The molecule has 0 radical (unpaired) electrons. The van der Waals surface area contributed by atoms with Gasteiger partial charge < -0.3 is 0 Å². The summed E-state index contributed by atoms with van der Waals surface area (Å²) in [4.78, 5) is 11.0. The van der Waals surface area contributed by atoms with Gasteiger partial charge in [0, 0.05) is 6.42 Å². The monoisotopic (exact) mass is 159 g/mol. The topological polar surface area (TPSA) is 17.1 Å². The van der Waals surface area contributed by atoms with Crippen LogP contribution < -0.4 is 0 Å². The van der Waals surface area contributed by atoms with E-state index in [1.165, 1.54) is 24.3 Å². The maximum absolute atomic E-state index is 11.0. The first-order chi connectivity index (χ1) is 4.83. The molecule has 2 heteroatoms. The SMILES string of the molecule is CCC(=O)C[S+]1CCCC1. The molecular weight excluding hydrogens is 144 g/mol. The van der Waals surface area contributed by atoms with E-state index in [1.807, 2.05) is 6.92 Å². The van der Waals surface area contributed by atoms with E-state index in [9.17, 15) is 4.79 Å². The molecule has 0 atom stereocenters. The maximum Gasteiger partial charge on any atom is 0.181 e. The Bertz CT molecular complexity index is 116. The summed E-state index contributed by atoms with van der Waals surface area (Å²) in [6.07, 6.45) is 3.46. The fraction of sp³-hybridized carbons (Fsp3) is 0.875. The van der Waals surface area contributed by atoms with Crippen LogP contribution in [0.4, 0.5) is 0 Å². The third-order valence-corrected chi connectivity index (χ3v) is 4.34. The summed E-state index contributed by atoms with van der Waals surface area (Å²) in [5, 5.41) is 0. The highest BCUT2D eigenvalue weighted by Crippen LogP contribution is 2.13. The van der Waals surface area contributed by atoms with E-state index in [1.54, 1.807) is 0 Å². The third-order valence-electron chi connectivity index (χ3n) is 1.88. The Labute approximate surface area is 65.5 Å². The number of hydrogen-bond donors (Lipinski definition) is 0. The molecule has 0 aromatic carbocycles. The minimum atomic E-state index is 0.463. The van der Waals surface area contributed by atoms with Gasteiger partial charge in [-0.3, -0.25) is 4.79 Å². The van der Waals surface area contributed by atoms with Crippen molar-refractivity contribution in [1.82, 2.24) is 0 Å². The fourth-order valence-electron chi connectivity index (χ4n) is 1.19. The van der Waals surface area contributed by atoms with E-state index in [0.717, 1.165) is 12.2 Å². The number of carbonyl (C=O) groups excluding carboxylic acids is 1. The normalized spacial score (nSPS) is 19.7. The van der Waals surface area contributed by atoms with Crippen molar-refractivity contribution in [2.24, 2.45) is 0 Å². The second-order valence-electron chi connectivity index (χ2n) is 2.76. The Hall–Kier alpha value is 0.0200. The van der Waals surface area contributed by atoms with Crippen molar-refractivity contribution in [3.8, 4) is 0 Å². The van der Waals surface area contributed by atoms with Crippen LogP contribution in [-0.4, -0.2) is 23.0 Å². The molecule has 0 aromatic rings. The molecule has 0 unspecified atom stereocenters. The molecule has 1 aliphatic heterocycles. The van der Waals surface area contributed by atoms with Gasteiger partial charge in [0.05, 0.1) is 0 Å². The van der Waals surface area contributed by atoms with Crippen LogP contribution in [0.25, 0.3) is 0 Å². The summed E-state index contributed by atoms with van der Waals surface area (Å²) in [6.45, 7) is 1.96. The molecule has 1 rings (SSSR count). The van der Waals surface area contributed by atoms with Crippen LogP contribution >= 0.6 is 0 Å². The molecule has 1 aliphatic rings. The third kappa shape index (κ3) is 2.33. The van der Waals surface area contributed by atoms with Gasteiger partial charge in [0.2, 0.25) is 0 Å². The van der Waals surface area contributed by atoms with Gasteiger partial charge in [-0.2, -0.15) is 0 Å². The molecule has 10 heavy (non-hydrogen) atoms. The first-order valence-corrected chi connectivity index (χ1v) is 5.72. The van der Waals surface area contributed by atoms with Crippen LogP contribution in [-0.2, 0) is 15.7 Å². The minimum Gasteiger partial charge on any atom is -0.294 e. The van der Waals surface area contributed by atoms with Crippen molar-refractivity contribution >= 4 is 16.7 Å². The molecule has 0 aliphatic carbocycles. The second-order valence-corrected chi connectivity index (χ2v) is 5.09. The summed E-state index contributed by atoms with van der Waals surface area (Å²) in [7, 11) is 0.493. The molecule has 0 saturated carbocycles. The summed E-state index contributed by atoms with van der Waals surface area (Å²) in [5.41, 5.74) is 0. The summed E-state index contributed by atoms with van der Waals surface area (Å²) >= 11 is 0. The first-order valence-electron chi connectivity index (χ1n) is 3.98. The Morgan fingerprint density at radius 3 is 2.50 bits per heavy atom. The fourth-order valence-corrected chi connectivity index (χ4v) is 3.57. The predicted molar refractivity (Wildman–Crippen MR) is 46.5 cm³/mol. The van der Waals surface area contributed by atoms with Gasteiger partial charge in [0.25, 0.3) is 0 Å². The van der Waals surface area contributed by atoms with Gasteiger partial charge in [-0.15, -0.1) is 0 Å². The number of rotatable bonds is 3. The Kier molecular flexibility index (Phi) is 3.26. The highest BCUT2D eigenvalue weighted by atomic mass is 32.2. The lowest BCUT2D eigenvalue weighted by atomic mass is 10.4. The second kappa shape index (κ2) is 4.02. The van der Waals surface area contributed by atoms with Crippen molar-refractivity contribution < 1.29 is 4.79 Å². The molecule has 0 bridgehead atoms. The lowest BCUT2D eigenvalue weighted by molar-refractivity contribution is -0.116. The molecular formula is C8H15OS+. The molecule has 1 fully saturated rings. The van der Waals surface area contributed by atoms with Crippen LogP contribution in [0.3, 0.4) is 0 Å². The van der Waals surface area contributed by atoms with Crippen LogP contribution in [0.1, 0.15) is 26.2 Å². The van der Waals surface area contributed by atoms with E-state index in [0.29, 0.717) is 16.7 Å². The lowest BCUT2D eigenvalue weighted by Crippen LogP contribution is -2.16. The highest BCUT2D eigenvalue weighted by Gasteiger charge is 2.25. The molecule has 58 valence electrons. The van der Waals surface area contributed by atoms with Crippen LogP contribution in [0.15, 0.2) is 0 Å². The highest BCUT2D eigenvalue weighted by molar-refractivity contribution is 7.97. The summed E-state index contributed by atoms with van der Waals surface area (Å²) in [5.74, 6) is 4.00. The van der Waals surface area contributed by atoms with E-state index in [-0.39, 0.29) is 0 Å². The van der Waals surface area contributed by atoms with Crippen LogP contribution in [0.2, 0.25) is 0 Å². The van der Waals surface area contributed by atoms with Crippen LogP contribution in [0, 0.1) is 0 Å². The molecule has 0 spiro atoms. The zero-order valence-corrected chi connectivity index (χ0v) is 7.38. The smallest absolute Gasteiger partial charge is 0.181 e. The van der Waals surface area contributed by atoms with Crippen molar-refractivity contribution in [3.05, 3.63) is 0 Å². The van der Waals surface area contributed by atoms with Gasteiger partial charge in [-0.1, -0.05) is 6.92 Å². The zero-order valence-electron chi connectivity index (χ0n) is 6.56. The van der Waals surface area contributed by atoms with E-state index < -0.39 is 0 Å². The average molecular weight is 159 g/mol. The van der Waals surface area contributed by atoms with Gasteiger partial charge in [0.15, 0.2) is 11.5 Å². The Morgan fingerprint density at radius 1 is 1.40 bits per heavy atom. The zero-order chi connectivity index (χ0) is 7.40. The van der Waals surface area contributed by atoms with Crippen LogP contribution in [0.5, 0.6) is 0 Å². The molecule has 1 nitrogen and oxygen atoms in total. The number of ketones is 1. The molecule has 0 N–H and O–H groups in total. The van der Waals surface area contributed by atoms with Crippen molar-refractivity contribution in [3.63, 3.8) is 0 Å².